The van der Waals surface area contributed by atoms with Gasteiger partial charge in [0.2, 0.25) is 16.0 Å². The molecule has 0 aliphatic carbocycles. The molecule has 1 atom stereocenters. The molecule has 3 aromatic heterocycles. The van der Waals surface area contributed by atoms with E-state index >= 15 is 0 Å². The Morgan fingerprint density at radius 2 is 2.11 bits per heavy atom. The predicted octanol–water partition coefficient (Wildman–Crippen LogP) is 1.37. The molecule has 1 N–H and O–H groups in total. The minimum absolute atomic E-state index is 0.331. The van der Waals surface area contributed by atoms with Crippen molar-refractivity contribution in [2.24, 2.45) is 13.0 Å². The molecule has 0 saturated carbocycles. The lowest BCUT2D eigenvalue weighted by atomic mass is 9.96. The minimum Gasteiger partial charge on any atom is -0.321 e. The third kappa shape index (κ3) is 4.14. The number of nitrogens with one attached hydrogen (secondary N) is 1. The van der Waals surface area contributed by atoms with Crippen molar-refractivity contribution in [2.75, 3.05) is 24.7 Å². The largest absolute Gasteiger partial charge is 0.321 e. The molecule has 0 aromatic carbocycles. The molecule has 3 aromatic rings. The smallest absolute Gasteiger partial charge is 0.229 e. The van der Waals surface area contributed by atoms with Crippen LogP contribution in [0.1, 0.15) is 19.3 Å². The van der Waals surface area contributed by atoms with E-state index in [1.807, 2.05) is 17.9 Å². The molecule has 1 aliphatic heterocycles. The number of sulfonamides is 1. The highest BCUT2D eigenvalue weighted by Crippen LogP contribution is 2.23. The maximum absolute atomic E-state index is 11.8. The average Bonchev–Trinajstić information content (AvgIpc) is 3.25. The number of fused-ring (bicyclic) bond motifs is 1. The summed E-state index contributed by atoms with van der Waals surface area (Å²) in [5.74, 6) is 0.820. The second kappa shape index (κ2) is 7.47. The standard InChI is InChI=1S/C17H24N8O2S/c1-23-12-15(10-19-23)21-17-18-8-14-9-20-25(16(14)22-17)7-5-13-4-3-6-24(11-13)28(2,26)27/h8-10,12-13H,3-7,11H2,1-2H3,(H,18,21,22). The summed E-state index contributed by atoms with van der Waals surface area (Å²) in [5, 5.41) is 12.6. The van der Waals surface area contributed by atoms with E-state index in [0.717, 1.165) is 36.0 Å². The number of anilines is 2. The third-order valence-corrected chi connectivity index (χ3v) is 6.31. The highest BCUT2D eigenvalue weighted by molar-refractivity contribution is 7.88. The highest BCUT2D eigenvalue weighted by atomic mass is 32.2. The van der Waals surface area contributed by atoms with E-state index in [9.17, 15) is 8.42 Å². The molecule has 1 unspecified atom stereocenters. The van der Waals surface area contributed by atoms with Gasteiger partial charge in [-0.1, -0.05) is 0 Å². The minimum atomic E-state index is -3.12. The van der Waals surface area contributed by atoms with Gasteiger partial charge in [0.15, 0.2) is 5.65 Å². The number of hydrogen-bond acceptors (Lipinski definition) is 7. The lowest BCUT2D eigenvalue weighted by Crippen LogP contribution is -2.39. The molecule has 0 amide bonds. The van der Waals surface area contributed by atoms with Crippen LogP contribution in [0.25, 0.3) is 11.0 Å². The Morgan fingerprint density at radius 3 is 2.86 bits per heavy atom. The molecule has 1 fully saturated rings. The van der Waals surface area contributed by atoms with Gasteiger partial charge < -0.3 is 5.32 Å². The Morgan fingerprint density at radius 1 is 1.25 bits per heavy atom. The first-order valence-corrected chi connectivity index (χ1v) is 11.1. The Balaban J connectivity index is 1.46. The summed E-state index contributed by atoms with van der Waals surface area (Å²) >= 11 is 0. The fourth-order valence-corrected chi connectivity index (χ4v) is 4.52. The molecule has 1 aliphatic rings. The summed E-state index contributed by atoms with van der Waals surface area (Å²) in [7, 11) is -1.28. The van der Waals surface area contributed by atoms with Crippen LogP contribution in [0.2, 0.25) is 0 Å². The van der Waals surface area contributed by atoms with Crippen molar-refractivity contribution >= 4 is 32.7 Å². The quantitative estimate of drug-likeness (QED) is 0.660. The van der Waals surface area contributed by atoms with Crippen LogP contribution in [0.4, 0.5) is 11.6 Å². The zero-order valence-corrected chi connectivity index (χ0v) is 16.8. The molecule has 11 heteroatoms. The summed E-state index contributed by atoms with van der Waals surface area (Å²) in [5.41, 5.74) is 1.58. The van der Waals surface area contributed by atoms with Crippen LogP contribution in [0.5, 0.6) is 0 Å². The molecule has 10 nitrogen and oxygen atoms in total. The van der Waals surface area contributed by atoms with Crippen molar-refractivity contribution in [3.8, 4) is 0 Å². The van der Waals surface area contributed by atoms with Gasteiger partial charge in [0.05, 0.1) is 29.7 Å². The zero-order chi connectivity index (χ0) is 19.7. The van der Waals surface area contributed by atoms with Gasteiger partial charge in [-0.15, -0.1) is 0 Å². The Kier molecular flexibility index (Phi) is 5.02. The van der Waals surface area contributed by atoms with Crippen LogP contribution in [0, 0.1) is 5.92 Å². The van der Waals surface area contributed by atoms with Gasteiger partial charge in [-0.2, -0.15) is 15.2 Å². The number of piperidine rings is 1. The molecule has 4 rings (SSSR count). The normalized spacial score (nSPS) is 18.6. The number of nitrogens with zero attached hydrogens (tertiary/aromatic N) is 7. The molecule has 0 bridgehead atoms. The molecule has 28 heavy (non-hydrogen) atoms. The maximum Gasteiger partial charge on any atom is 0.229 e. The van der Waals surface area contributed by atoms with Gasteiger partial charge >= 0.3 is 0 Å². The summed E-state index contributed by atoms with van der Waals surface area (Å²) in [4.78, 5) is 8.92. The maximum atomic E-state index is 11.8. The van der Waals surface area contributed by atoms with E-state index in [1.54, 1.807) is 27.6 Å². The average molecular weight is 405 g/mol. The van der Waals surface area contributed by atoms with Crippen LogP contribution < -0.4 is 5.32 Å². The van der Waals surface area contributed by atoms with Crippen LogP contribution >= 0.6 is 0 Å². The Bertz CT molecular complexity index is 1070. The van der Waals surface area contributed by atoms with Crippen molar-refractivity contribution in [2.45, 2.75) is 25.8 Å². The van der Waals surface area contributed by atoms with Crippen molar-refractivity contribution in [3.05, 3.63) is 24.8 Å². The van der Waals surface area contributed by atoms with Gasteiger partial charge in [-0.3, -0.25) is 4.68 Å². The van der Waals surface area contributed by atoms with E-state index in [1.165, 1.54) is 6.26 Å². The van der Waals surface area contributed by atoms with Crippen molar-refractivity contribution in [1.82, 2.24) is 33.8 Å². The zero-order valence-electron chi connectivity index (χ0n) is 16.0. The lowest BCUT2D eigenvalue weighted by molar-refractivity contribution is 0.248. The van der Waals surface area contributed by atoms with Gasteiger partial charge in [0.1, 0.15) is 0 Å². The summed E-state index contributed by atoms with van der Waals surface area (Å²) in [6.07, 6.45) is 11.1. The molecular formula is C17H24N8O2S. The van der Waals surface area contributed by atoms with E-state index in [0.29, 0.717) is 31.5 Å². The Hall–Kier alpha value is -2.53. The van der Waals surface area contributed by atoms with E-state index in [4.69, 9.17) is 0 Å². The number of aryl methyl sites for hydroxylation is 2. The monoisotopic (exact) mass is 404 g/mol. The van der Waals surface area contributed by atoms with Crippen LogP contribution in [0.15, 0.2) is 24.8 Å². The van der Waals surface area contributed by atoms with E-state index < -0.39 is 10.0 Å². The fraction of sp³-hybridized carbons (Fsp3) is 0.529. The van der Waals surface area contributed by atoms with E-state index in [2.05, 4.69) is 25.5 Å². The van der Waals surface area contributed by atoms with Crippen molar-refractivity contribution in [3.63, 3.8) is 0 Å². The molecule has 0 radical (unpaired) electrons. The topological polar surface area (TPSA) is 111 Å². The highest BCUT2D eigenvalue weighted by Gasteiger charge is 2.25. The summed E-state index contributed by atoms with van der Waals surface area (Å²) < 4.78 is 28.8. The Labute approximate surface area is 163 Å². The predicted molar refractivity (Wildman–Crippen MR) is 106 cm³/mol. The van der Waals surface area contributed by atoms with Crippen molar-refractivity contribution < 1.29 is 8.42 Å². The number of hydrogen-bond donors (Lipinski definition) is 1. The second-order valence-corrected chi connectivity index (χ2v) is 9.27. The first-order valence-electron chi connectivity index (χ1n) is 9.28. The summed E-state index contributed by atoms with van der Waals surface area (Å²) in [6.45, 7) is 1.90. The van der Waals surface area contributed by atoms with Crippen LogP contribution in [0.3, 0.4) is 0 Å². The SMILES string of the molecule is Cn1cc(Nc2ncc3cnn(CCC4CCCN(S(C)(=O)=O)C4)c3n2)cn1. The molecule has 150 valence electrons. The van der Waals surface area contributed by atoms with Gasteiger partial charge in [0, 0.05) is 39.1 Å². The molecule has 1 saturated heterocycles. The first-order chi connectivity index (χ1) is 13.4. The second-order valence-electron chi connectivity index (χ2n) is 7.29. The van der Waals surface area contributed by atoms with Gasteiger partial charge in [-0.05, 0) is 25.2 Å². The molecule has 4 heterocycles. The van der Waals surface area contributed by atoms with E-state index in [-0.39, 0.29) is 0 Å². The number of aromatic nitrogens is 6. The van der Waals surface area contributed by atoms with Crippen LogP contribution in [-0.4, -0.2) is 61.6 Å². The molecular weight excluding hydrogens is 380 g/mol. The lowest BCUT2D eigenvalue weighted by Gasteiger charge is -2.30. The van der Waals surface area contributed by atoms with Gasteiger partial charge in [-0.25, -0.2) is 22.4 Å². The van der Waals surface area contributed by atoms with Gasteiger partial charge in [0.25, 0.3) is 0 Å². The number of rotatable bonds is 6. The summed E-state index contributed by atoms with van der Waals surface area (Å²) in [6, 6.07) is 0. The first kappa shape index (κ1) is 18.8. The molecule has 0 spiro atoms. The fourth-order valence-electron chi connectivity index (χ4n) is 3.57. The third-order valence-electron chi connectivity index (χ3n) is 5.04. The van der Waals surface area contributed by atoms with Crippen LogP contribution in [-0.2, 0) is 23.6 Å². The van der Waals surface area contributed by atoms with Crippen molar-refractivity contribution in [1.29, 1.82) is 0 Å².